The molecular formula is C14H14N4. The largest absolute Gasteiger partial charge is 0.399 e. The molecule has 0 saturated carbocycles. The van der Waals surface area contributed by atoms with Gasteiger partial charge in [0.25, 0.3) is 0 Å². The summed E-state index contributed by atoms with van der Waals surface area (Å²) in [4.78, 5) is 0. The molecule has 0 amide bonds. The van der Waals surface area contributed by atoms with Crippen molar-refractivity contribution >= 4 is 11.3 Å². The molecule has 18 heavy (non-hydrogen) atoms. The van der Waals surface area contributed by atoms with Crippen molar-refractivity contribution in [3.05, 3.63) is 60.0 Å². The van der Waals surface area contributed by atoms with Crippen molar-refractivity contribution in [1.82, 2.24) is 14.6 Å². The van der Waals surface area contributed by atoms with Gasteiger partial charge in [-0.05, 0) is 30.2 Å². The van der Waals surface area contributed by atoms with Gasteiger partial charge in [-0.3, -0.25) is 4.40 Å². The molecule has 2 aromatic heterocycles. The lowest BCUT2D eigenvalue weighted by molar-refractivity contribution is 0.840. The third kappa shape index (κ3) is 1.93. The van der Waals surface area contributed by atoms with Crippen molar-refractivity contribution in [2.75, 3.05) is 5.73 Å². The van der Waals surface area contributed by atoms with E-state index in [2.05, 4.69) is 16.3 Å². The fourth-order valence-corrected chi connectivity index (χ4v) is 2.07. The number of para-hydroxylation sites is 1. The molecule has 4 heteroatoms. The van der Waals surface area contributed by atoms with Gasteiger partial charge in [-0.15, -0.1) is 10.2 Å². The number of nitrogens with two attached hydrogens (primary N) is 1. The average Bonchev–Trinajstić information content (AvgIpc) is 2.81. The Morgan fingerprint density at radius 1 is 0.944 bits per heavy atom. The third-order valence-electron chi connectivity index (χ3n) is 3.06. The highest BCUT2D eigenvalue weighted by atomic mass is 15.2. The molecule has 0 fully saturated rings. The van der Waals surface area contributed by atoms with Crippen molar-refractivity contribution in [2.24, 2.45) is 0 Å². The molecule has 0 bridgehead atoms. The summed E-state index contributed by atoms with van der Waals surface area (Å²) in [5.41, 5.74) is 8.81. The average molecular weight is 238 g/mol. The number of nitrogen functional groups attached to an aromatic ring is 1. The summed E-state index contributed by atoms with van der Waals surface area (Å²) in [6, 6.07) is 13.8. The van der Waals surface area contributed by atoms with E-state index in [-0.39, 0.29) is 0 Å². The predicted octanol–water partition coefficient (Wildman–Crippen LogP) is 2.10. The summed E-state index contributed by atoms with van der Waals surface area (Å²) in [6.45, 7) is 0. The zero-order valence-corrected chi connectivity index (χ0v) is 9.95. The van der Waals surface area contributed by atoms with E-state index in [0.717, 1.165) is 35.6 Å². The van der Waals surface area contributed by atoms with Gasteiger partial charge < -0.3 is 5.73 Å². The van der Waals surface area contributed by atoms with E-state index < -0.39 is 0 Å². The lowest BCUT2D eigenvalue weighted by Crippen LogP contribution is -2.00. The van der Waals surface area contributed by atoms with E-state index in [4.69, 9.17) is 5.73 Å². The Hall–Kier alpha value is -2.36. The molecule has 3 rings (SSSR count). The van der Waals surface area contributed by atoms with Gasteiger partial charge >= 0.3 is 0 Å². The zero-order valence-electron chi connectivity index (χ0n) is 9.95. The molecule has 4 nitrogen and oxygen atoms in total. The monoisotopic (exact) mass is 238 g/mol. The number of aryl methyl sites for hydroxylation is 2. The van der Waals surface area contributed by atoms with Crippen LogP contribution in [0.15, 0.2) is 48.7 Å². The van der Waals surface area contributed by atoms with Crippen LogP contribution < -0.4 is 5.73 Å². The first-order valence-electron chi connectivity index (χ1n) is 5.96. The molecule has 3 aromatic rings. The fourth-order valence-electron chi connectivity index (χ4n) is 2.07. The number of nitrogens with zero attached hydrogens (tertiary/aromatic N) is 3. The van der Waals surface area contributed by atoms with Gasteiger partial charge in [-0.25, -0.2) is 0 Å². The first-order valence-corrected chi connectivity index (χ1v) is 5.96. The van der Waals surface area contributed by atoms with Crippen LogP contribution in [0.2, 0.25) is 0 Å². The van der Waals surface area contributed by atoms with Crippen molar-refractivity contribution in [1.29, 1.82) is 0 Å². The zero-order chi connectivity index (χ0) is 12.4. The first-order chi connectivity index (χ1) is 8.84. The number of rotatable bonds is 3. The smallest absolute Gasteiger partial charge is 0.160 e. The van der Waals surface area contributed by atoms with Crippen molar-refractivity contribution in [3.8, 4) is 0 Å². The third-order valence-corrected chi connectivity index (χ3v) is 3.06. The maximum Gasteiger partial charge on any atom is 0.160 e. The normalized spacial score (nSPS) is 10.9. The van der Waals surface area contributed by atoms with Crippen LogP contribution in [0.1, 0.15) is 11.4 Å². The van der Waals surface area contributed by atoms with Gasteiger partial charge in [-0.1, -0.05) is 24.3 Å². The molecule has 0 aliphatic carbocycles. The summed E-state index contributed by atoms with van der Waals surface area (Å²) in [6.07, 6.45) is 3.70. The molecular weight excluding hydrogens is 224 g/mol. The molecule has 0 saturated heterocycles. The molecule has 90 valence electrons. The van der Waals surface area contributed by atoms with Gasteiger partial charge in [0.2, 0.25) is 0 Å². The molecule has 1 aromatic carbocycles. The van der Waals surface area contributed by atoms with Gasteiger partial charge in [0.1, 0.15) is 5.82 Å². The van der Waals surface area contributed by atoms with Crippen molar-refractivity contribution in [2.45, 2.75) is 12.8 Å². The molecule has 0 aliphatic heterocycles. The van der Waals surface area contributed by atoms with Crippen LogP contribution in [0.5, 0.6) is 0 Å². The lowest BCUT2D eigenvalue weighted by Gasteiger charge is -2.04. The SMILES string of the molecule is Nc1ccccc1CCc1nnc2ccccn12. The van der Waals surface area contributed by atoms with Crippen LogP contribution in [0.4, 0.5) is 5.69 Å². The summed E-state index contributed by atoms with van der Waals surface area (Å²) in [5.74, 6) is 0.967. The Kier molecular flexibility index (Phi) is 2.68. The second-order valence-corrected chi connectivity index (χ2v) is 4.24. The van der Waals surface area contributed by atoms with E-state index in [1.165, 1.54) is 0 Å². The van der Waals surface area contributed by atoms with E-state index in [0.29, 0.717) is 0 Å². The topological polar surface area (TPSA) is 56.2 Å². The van der Waals surface area contributed by atoms with Crippen LogP contribution in [0.3, 0.4) is 0 Å². The molecule has 2 heterocycles. The Labute approximate surface area is 105 Å². The van der Waals surface area contributed by atoms with E-state index in [1.807, 2.05) is 47.0 Å². The summed E-state index contributed by atoms with van der Waals surface area (Å²) >= 11 is 0. The summed E-state index contributed by atoms with van der Waals surface area (Å²) < 4.78 is 2.01. The van der Waals surface area contributed by atoms with Crippen molar-refractivity contribution < 1.29 is 0 Å². The standard InChI is InChI=1S/C14H14N4/c15-12-6-2-1-5-11(12)8-9-14-17-16-13-7-3-4-10-18(13)14/h1-7,10H,8-9,15H2. The van der Waals surface area contributed by atoms with Crippen LogP contribution in [-0.2, 0) is 12.8 Å². The quantitative estimate of drug-likeness (QED) is 0.711. The van der Waals surface area contributed by atoms with E-state index in [1.54, 1.807) is 0 Å². The number of pyridine rings is 1. The second-order valence-electron chi connectivity index (χ2n) is 4.24. The van der Waals surface area contributed by atoms with Gasteiger partial charge in [0.05, 0.1) is 0 Å². The maximum absolute atomic E-state index is 5.93. The number of hydrogen-bond acceptors (Lipinski definition) is 3. The molecule has 0 aliphatic rings. The Balaban J connectivity index is 1.83. The number of anilines is 1. The number of benzene rings is 1. The Bertz CT molecular complexity index is 672. The second kappa shape index (κ2) is 4.49. The molecule has 0 atom stereocenters. The minimum absolute atomic E-state index is 0.833. The molecule has 0 radical (unpaired) electrons. The first kappa shape index (κ1) is 10.8. The minimum Gasteiger partial charge on any atom is -0.399 e. The van der Waals surface area contributed by atoms with Gasteiger partial charge in [0, 0.05) is 18.3 Å². The Morgan fingerprint density at radius 2 is 1.78 bits per heavy atom. The van der Waals surface area contributed by atoms with Crippen LogP contribution in [-0.4, -0.2) is 14.6 Å². The highest BCUT2D eigenvalue weighted by Gasteiger charge is 2.05. The van der Waals surface area contributed by atoms with Crippen LogP contribution >= 0.6 is 0 Å². The van der Waals surface area contributed by atoms with Gasteiger partial charge in [-0.2, -0.15) is 0 Å². The van der Waals surface area contributed by atoms with Crippen LogP contribution in [0.25, 0.3) is 5.65 Å². The maximum atomic E-state index is 5.93. The summed E-state index contributed by atoms with van der Waals surface area (Å²) in [7, 11) is 0. The van der Waals surface area contributed by atoms with Gasteiger partial charge in [0.15, 0.2) is 5.65 Å². The number of aromatic nitrogens is 3. The van der Waals surface area contributed by atoms with Crippen molar-refractivity contribution in [3.63, 3.8) is 0 Å². The predicted molar refractivity (Wildman–Crippen MR) is 71.2 cm³/mol. The van der Waals surface area contributed by atoms with Crippen LogP contribution in [0, 0.1) is 0 Å². The molecule has 0 unspecified atom stereocenters. The summed E-state index contributed by atoms with van der Waals surface area (Å²) in [5, 5.41) is 8.35. The number of fused-ring (bicyclic) bond motifs is 1. The molecule has 2 N–H and O–H groups in total. The highest BCUT2D eigenvalue weighted by molar-refractivity contribution is 5.46. The fraction of sp³-hybridized carbons (Fsp3) is 0.143. The lowest BCUT2D eigenvalue weighted by atomic mass is 10.1. The van der Waals surface area contributed by atoms with E-state index in [9.17, 15) is 0 Å². The number of hydrogen-bond donors (Lipinski definition) is 1. The highest BCUT2D eigenvalue weighted by Crippen LogP contribution is 2.13. The Morgan fingerprint density at radius 3 is 2.67 bits per heavy atom. The minimum atomic E-state index is 0.833. The van der Waals surface area contributed by atoms with E-state index >= 15 is 0 Å². The molecule has 0 spiro atoms.